The predicted octanol–water partition coefficient (Wildman–Crippen LogP) is 1.86. The van der Waals surface area contributed by atoms with Crippen molar-refractivity contribution in [2.45, 2.75) is 52.1 Å². The summed E-state index contributed by atoms with van der Waals surface area (Å²) >= 11 is 0. The number of ether oxygens (including phenoxy) is 1. The molecule has 0 radical (unpaired) electrons. The minimum atomic E-state index is 0.0817. The van der Waals surface area contributed by atoms with E-state index in [0.29, 0.717) is 5.92 Å². The molecule has 0 bridgehead atoms. The van der Waals surface area contributed by atoms with E-state index in [9.17, 15) is 0 Å². The molecule has 1 fully saturated rings. The molecule has 0 aliphatic carbocycles. The monoisotopic (exact) mass is 228 g/mol. The number of hydrogen-bond donors (Lipinski definition) is 1. The van der Waals surface area contributed by atoms with Crippen LogP contribution in [0.1, 0.15) is 40.5 Å². The van der Waals surface area contributed by atoms with Gasteiger partial charge in [-0.3, -0.25) is 4.90 Å². The quantitative estimate of drug-likeness (QED) is 0.780. The topological polar surface area (TPSA) is 38.5 Å². The van der Waals surface area contributed by atoms with E-state index in [4.69, 9.17) is 10.5 Å². The highest BCUT2D eigenvalue weighted by molar-refractivity contribution is 4.94. The van der Waals surface area contributed by atoms with Gasteiger partial charge in [-0.25, -0.2) is 0 Å². The van der Waals surface area contributed by atoms with Gasteiger partial charge < -0.3 is 10.5 Å². The summed E-state index contributed by atoms with van der Waals surface area (Å²) in [6.45, 7) is 12.8. The Labute approximate surface area is 100 Å². The lowest BCUT2D eigenvalue weighted by atomic mass is 9.82. The van der Waals surface area contributed by atoms with Crippen LogP contribution < -0.4 is 5.73 Å². The van der Waals surface area contributed by atoms with Crippen LogP contribution in [0.4, 0.5) is 0 Å². The molecule has 0 amide bonds. The highest BCUT2D eigenvalue weighted by atomic mass is 16.5. The summed E-state index contributed by atoms with van der Waals surface area (Å²) < 4.78 is 5.40. The van der Waals surface area contributed by atoms with Crippen LogP contribution in [-0.2, 0) is 4.74 Å². The molecular weight excluding hydrogens is 200 g/mol. The molecule has 2 N–H and O–H groups in total. The third kappa shape index (κ3) is 3.19. The molecule has 2 unspecified atom stereocenters. The van der Waals surface area contributed by atoms with Crippen LogP contribution in [0.3, 0.4) is 0 Å². The highest BCUT2D eigenvalue weighted by Gasteiger charge is 2.36. The van der Waals surface area contributed by atoms with Crippen LogP contribution in [0, 0.1) is 5.92 Å². The molecule has 2 atom stereocenters. The van der Waals surface area contributed by atoms with Crippen molar-refractivity contribution in [1.29, 1.82) is 0 Å². The van der Waals surface area contributed by atoms with Gasteiger partial charge in [0.25, 0.3) is 0 Å². The zero-order valence-corrected chi connectivity index (χ0v) is 11.3. The second-order valence-corrected chi connectivity index (χ2v) is 5.54. The molecular formula is C13H28N2O. The Balaban J connectivity index is 2.59. The van der Waals surface area contributed by atoms with E-state index in [0.717, 1.165) is 26.3 Å². The van der Waals surface area contributed by atoms with Gasteiger partial charge in [-0.05, 0) is 26.2 Å². The van der Waals surface area contributed by atoms with Gasteiger partial charge in [-0.1, -0.05) is 20.3 Å². The standard InChI is InChI=1S/C13H28N2O/c1-5-6-11(2)12(14)13(3,4)15-7-9-16-10-8-15/h11-12H,5-10,14H2,1-4H3. The first-order chi connectivity index (χ1) is 7.50. The van der Waals surface area contributed by atoms with Crippen LogP contribution in [0.15, 0.2) is 0 Å². The van der Waals surface area contributed by atoms with Crippen molar-refractivity contribution < 1.29 is 4.74 Å². The number of nitrogens with two attached hydrogens (primary N) is 1. The Kier molecular flexibility index (Phi) is 5.22. The maximum Gasteiger partial charge on any atom is 0.0594 e. The van der Waals surface area contributed by atoms with Crippen molar-refractivity contribution >= 4 is 0 Å². The zero-order valence-electron chi connectivity index (χ0n) is 11.3. The SMILES string of the molecule is CCCC(C)C(N)C(C)(C)N1CCOCC1. The molecule has 1 aliphatic rings. The van der Waals surface area contributed by atoms with Crippen molar-refractivity contribution in [3.05, 3.63) is 0 Å². The largest absolute Gasteiger partial charge is 0.379 e. The van der Waals surface area contributed by atoms with Gasteiger partial charge in [0.1, 0.15) is 0 Å². The van der Waals surface area contributed by atoms with Gasteiger partial charge in [0.2, 0.25) is 0 Å². The summed E-state index contributed by atoms with van der Waals surface area (Å²) in [6, 6.07) is 0.241. The smallest absolute Gasteiger partial charge is 0.0594 e. The third-order valence-electron chi connectivity index (χ3n) is 4.00. The molecule has 1 heterocycles. The van der Waals surface area contributed by atoms with Gasteiger partial charge in [0.15, 0.2) is 0 Å². The molecule has 0 spiro atoms. The fraction of sp³-hybridized carbons (Fsp3) is 1.00. The second kappa shape index (κ2) is 5.99. The summed E-state index contributed by atoms with van der Waals surface area (Å²) in [7, 11) is 0. The van der Waals surface area contributed by atoms with Crippen LogP contribution in [0.25, 0.3) is 0 Å². The zero-order chi connectivity index (χ0) is 12.2. The molecule has 1 saturated heterocycles. The molecule has 16 heavy (non-hydrogen) atoms. The lowest BCUT2D eigenvalue weighted by Gasteiger charge is -2.46. The molecule has 96 valence electrons. The number of nitrogens with zero attached hydrogens (tertiary/aromatic N) is 1. The Morgan fingerprint density at radius 1 is 1.31 bits per heavy atom. The Morgan fingerprint density at radius 2 is 1.88 bits per heavy atom. The van der Waals surface area contributed by atoms with E-state index in [2.05, 4.69) is 32.6 Å². The van der Waals surface area contributed by atoms with Crippen molar-refractivity contribution in [2.24, 2.45) is 11.7 Å². The number of rotatable bonds is 5. The second-order valence-electron chi connectivity index (χ2n) is 5.54. The normalized spacial score (nSPS) is 23.1. The first-order valence-corrected chi connectivity index (χ1v) is 6.58. The fourth-order valence-electron chi connectivity index (χ4n) is 2.68. The average molecular weight is 228 g/mol. The lowest BCUT2D eigenvalue weighted by Crippen LogP contribution is -2.61. The van der Waals surface area contributed by atoms with Gasteiger partial charge in [0.05, 0.1) is 13.2 Å². The molecule has 1 rings (SSSR count). The van der Waals surface area contributed by atoms with Crippen LogP contribution >= 0.6 is 0 Å². The fourth-order valence-corrected chi connectivity index (χ4v) is 2.68. The summed E-state index contributed by atoms with van der Waals surface area (Å²) in [5, 5.41) is 0. The van der Waals surface area contributed by atoms with Crippen LogP contribution in [0.2, 0.25) is 0 Å². The Hall–Kier alpha value is -0.120. The van der Waals surface area contributed by atoms with Crippen molar-refractivity contribution in [1.82, 2.24) is 4.90 Å². The number of morpholine rings is 1. The van der Waals surface area contributed by atoms with Gasteiger partial charge in [0, 0.05) is 24.7 Å². The molecule has 0 aromatic rings. The van der Waals surface area contributed by atoms with E-state index in [1.807, 2.05) is 0 Å². The minimum absolute atomic E-state index is 0.0817. The van der Waals surface area contributed by atoms with E-state index in [1.165, 1.54) is 12.8 Å². The average Bonchev–Trinajstić information content (AvgIpc) is 2.29. The van der Waals surface area contributed by atoms with E-state index < -0.39 is 0 Å². The molecule has 3 nitrogen and oxygen atoms in total. The third-order valence-corrected chi connectivity index (χ3v) is 4.00. The van der Waals surface area contributed by atoms with Crippen molar-refractivity contribution in [2.75, 3.05) is 26.3 Å². The summed E-state index contributed by atoms with van der Waals surface area (Å²) in [5.74, 6) is 0.586. The molecule has 0 saturated carbocycles. The van der Waals surface area contributed by atoms with Crippen molar-refractivity contribution in [3.8, 4) is 0 Å². The first kappa shape index (κ1) is 13.9. The summed E-state index contributed by atoms with van der Waals surface area (Å²) in [5.41, 5.74) is 6.51. The maximum absolute atomic E-state index is 6.43. The Morgan fingerprint density at radius 3 is 2.38 bits per heavy atom. The van der Waals surface area contributed by atoms with E-state index >= 15 is 0 Å². The van der Waals surface area contributed by atoms with Crippen molar-refractivity contribution in [3.63, 3.8) is 0 Å². The predicted molar refractivity (Wildman–Crippen MR) is 68.5 cm³/mol. The van der Waals surface area contributed by atoms with E-state index in [-0.39, 0.29) is 11.6 Å². The maximum atomic E-state index is 6.43. The molecule has 0 aromatic carbocycles. The first-order valence-electron chi connectivity index (χ1n) is 6.58. The van der Waals surface area contributed by atoms with Crippen LogP contribution in [0.5, 0.6) is 0 Å². The lowest BCUT2D eigenvalue weighted by molar-refractivity contribution is -0.0252. The molecule has 0 aromatic heterocycles. The van der Waals surface area contributed by atoms with Gasteiger partial charge >= 0.3 is 0 Å². The number of hydrogen-bond acceptors (Lipinski definition) is 3. The van der Waals surface area contributed by atoms with Crippen LogP contribution in [-0.4, -0.2) is 42.8 Å². The molecule has 3 heteroatoms. The minimum Gasteiger partial charge on any atom is -0.379 e. The summed E-state index contributed by atoms with van der Waals surface area (Å²) in [6.07, 6.45) is 2.43. The highest BCUT2D eigenvalue weighted by Crippen LogP contribution is 2.25. The Bertz CT molecular complexity index is 200. The molecule has 1 aliphatic heterocycles. The van der Waals surface area contributed by atoms with Gasteiger partial charge in [-0.2, -0.15) is 0 Å². The van der Waals surface area contributed by atoms with Gasteiger partial charge in [-0.15, -0.1) is 0 Å². The summed E-state index contributed by atoms with van der Waals surface area (Å²) in [4.78, 5) is 2.48. The van der Waals surface area contributed by atoms with E-state index in [1.54, 1.807) is 0 Å².